The third-order valence-corrected chi connectivity index (χ3v) is 5.95. The number of phenols is 1. The Morgan fingerprint density at radius 1 is 0.731 bits per heavy atom. The molecule has 1 fully saturated rings. The molecule has 0 bridgehead atoms. The first-order valence-corrected chi connectivity index (χ1v) is 10.7. The van der Waals surface area contributed by atoms with Gasteiger partial charge in [-0.2, -0.15) is 0 Å². The predicted octanol–water partition coefficient (Wildman–Crippen LogP) is 8.10. The Bertz CT molecular complexity index is 668. The van der Waals surface area contributed by atoms with Crippen LogP contribution in [0, 0.1) is 0 Å². The topological polar surface area (TPSA) is 20.2 Å². The first-order valence-electron chi connectivity index (χ1n) is 10.3. The second kappa shape index (κ2) is 10.0. The van der Waals surface area contributed by atoms with Crippen molar-refractivity contribution in [3.63, 3.8) is 0 Å². The van der Waals surface area contributed by atoms with Gasteiger partial charge in [-0.05, 0) is 42.0 Å². The number of halogens is 1. The predicted molar refractivity (Wildman–Crippen MR) is 112 cm³/mol. The Kier molecular flexibility index (Phi) is 7.43. The molecule has 2 aromatic carbocycles. The van der Waals surface area contributed by atoms with Crippen molar-refractivity contribution < 1.29 is 5.11 Å². The number of rotatable bonds is 2. The van der Waals surface area contributed by atoms with Crippen LogP contribution in [0.5, 0.6) is 5.75 Å². The Balaban J connectivity index is 1.86. The molecule has 0 atom stereocenters. The Labute approximate surface area is 163 Å². The monoisotopic (exact) mass is 370 g/mol. The molecule has 140 valence electrons. The van der Waals surface area contributed by atoms with Gasteiger partial charge in [0.05, 0.1) is 0 Å². The molecule has 0 spiro atoms. The van der Waals surface area contributed by atoms with Crippen LogP contribution in [0.2, 0.25) is 5.02 Å². The molecule has 0 saturated heterocycles. The molecule has 1 N–H and O–H groups in total. The van der Waals surface area contributed by atoms with Crippen molar-refractivity contribution in [2.24, 2.45) is 0 Å². The van der Waals surface area contributed by atoms with E-state index in [2.05, 4.69) is 0 Å². The normalized spacial score (nSPS) is 18.0. The maximum Gasteiger partial charge on any atom is 0.126 e. The SMILES string of the molecule is Oc1c(-c2ccccc2)cc(Cl)cc1C1CCCCCCCCCCC1. The van der Waals surface area contributed by atoms with E-state index in [1.54, 1.807) is 0 Å². The van der Waals surface area contributed by atoms with Crippen LogP contribution >= 0.6 is 11.6 Å². The van der Waals surface area contributed by atoms with Crippen LogP contribution in [0.25, 0.3) is 11.1 Å². The molecule has 1 nitrogen and oxygen atoms in total. The van der Waals surface area contributed by atoms with Crippen molar-refractivity contribution >= 4 is 11.6 Å². The van der Waals surface area contributed by atoms with E-state index < -0.39 is 0 Å². The first kappa shape index (κ1) is 19.3. The van der Waals surface area contributed by atoms with Gasteiger partial charge in [0.15, 0.2) is 0 Å². The minimum absolute atomic E-state index is 0.413. The number of aromatic hydroxyl groups is 1. The summed E-state index contributed by atoms with van der Waals surface area (Å²) in [5.41, 5.74) is 2.94. The fourth-order valence-electron chi connectivity index (χ4n) is 4.24. The van der Waals surface area contributed by atoms with Crippen LogP contribution in [-0.4, -0.2) is 5.11 Å². The zero-order chi connectivity index (χ0) is 18.2. The highest BCUT2D eigenvalue weighted by Gasteiger charge is 2.19. The van der Waals surface area contributed by atoms with Gasteiger partial charge >= 0.3 is 0 Å². The molecule has 1 aliphatic rings. The summed E-state index contributed by atoms with van der Waals surface area (Å²) in [6, 6.07) is 14.0. The molecule has 0 unspecified atom stereocenters. The smallest absolute Gasteiger partial charge is 0.126 e. The van der Waals surface area contributed by atoms with E-state index in [-0.39, 0.29) is 0 Å². The molecule has 1 saturated carbocycles. The average Bonchev–Trinajstić information content (AvgIpc) is 2.65. The summed E-state index contributed by atoms with van der Waals surface area (Å²) in [5, 5.41) is 11.8. The van der Waals surface area contributed by atoms with Crippen molar-refractivity contribution in [1.82, 2.24) is 0 Å². The molecule has 0 radical (unpaired) electrons. The second-order valence-corrected chi connectivity index (χ2v) is 8.15. The van der Waals surface area contributed by atoms with E-state index in [9.17, 15) is 5.11 Å². The van der Waals surface area contributed by atoms with Gasteiger partial charge in [-0.3, -0.25) is 0 Å². The van der Waals surface area contributed by atoms with Crippen LogP contribution in [0.1, 0.15) is 82.1 Å². The molecule has 26 heavy (non-hydrogen) atoms. The third-order valence-electron chi connectivity index (χ3n) is 5.73. The van der Waals surface area contributed by atoms with E-state index in [1.807, 2.05) is 42.5 Å². The lowest BCUT2D eigenvalue weighted by atomic mass is 9.85. The fourth-order valence-corrected chi connectivity index (χ4v) is 4.47. The molecule has 1 aliphatic carbocycles. The van der Waals surface area contributed by atoms with E-state index >= 15 is 0 Å². The first-order chi connectivity index (χ1) is 12.8. The van der Waals surface area contributed by atoms with Crippen LogP contribution < -0.4 is 0 Å². The highest BCUT2D eigenvalue weighted by Crippen LogP contribution is 2.42. The molecule has 3 rings (SSSR count). The van der Waals surface area contributed by atoms with Crippen molar-refractivity contribution in [3.05, 3.63) is 53.1 Å². The third kappa shape index (κ3) is 5.27. The summed E-state index contributed by atoms with van der Waals surface area (Å²) in [7, 11) is 0. The van der Waals surface area contributed by atoms with Crippen molar-refractivity contribution in [2.45, 2.75) is 76.5 Å². The zero-order valence-electron chi connectivity index (χ0n) is 15.7. The number of benzene rings is 2. The number of hydrogen-bond acceptors (Lipinski definition) is 1. The van der Waals surface area contributed by atoms with Crippen LogP contribution in [0.3, 0.4) is 0 Å². The molecular formula is C24H31ClO. The summed E-state index contributed by atoms with van der Waals surface area (Å²) in [4.78, 5) is 0. The molecule has 0 amide bonds. The van der Waals surface area contributed by atoms with Crippen molar-refractivity contribution in [1.29, 1.82) is 0 Å². The summed E-state index contributed by atoms with van der Waals surface area (Å²) in [5.74, 6) is 0.841. The summed E-state index contributed by atoms with van der Waals surface area (Å²) in [6.45, 7) is 0. The lowest BCUT2D eigenvalue weighted by Gasteiger charge is -2.21. The largest absolute Gasteiger partial charge is 0.507 e. The van der Waals surface area contributed by atoms with Gasteiger partial charge in [0, 0.05) is 10.6 Å². The summed E-state index contributed by atoms with van der Waals surface area (Å²) >= 11 is 6.46. The van der Waals surface area contributed by atoms with E-state index in [4.69, 9.17) is 11.6 Å². The van der Waals surface area contributed by atoms with Crippen molar-refractivity contribution in [2.75, 3.05) is 0 Å². The quantitative estimate of drug-likeness (QED) is 0.566. The standard InChI is InChI=1S/C24H31ClO/c25-21-17-22(24(26)23(18-21)20-15-11-8-12-16-20)19-13-9-6-4-2-1-3-5-7-10-14-19/h8,11-12,15-19,26H,1-7,9-10,13-14H2. The molecule has 0 aromatic heterocycles. The average molecular weight is 371 g/mol. The lowest BCUT2D eigenvalue weighted by molar-refractivity contribution is 0.434. The maximum absolute atomic E-state index is 11.0. The van der Waals surface area contributed by atoms with E-state index in [0.29, 0.717) is 11.7 Å². The summed E-state index contributed by atoms with van der Waals surface area (Å²) < 4.78 is 0. The van der Waals surface area contributed by atoms with Crippen LogP contribution in [-0.2, 0) is 0 Å². The molecule has 0 heterocycles. The van der Waals surface area contributed by atoms with Crippen LogP contribution in [0.4, 0.5) is 0 Å². The molecule has 2 aromatic rings. The fraction of sp³-hybridized carbons (Fsp3) is 0.500. The molecular weight excluding hydrogens is 340 g/mol. The van der Waals surface area contributed by atoms with Gasteiger partial charge in [-0.15, -0.1) is 0 Å². The number of hydrogen-bond donors (Lipinski definition) is 1. The van der Waals surface area contributed by atoms with E-state index in [1.165, 1.54) is 57.8 Å². The van der Waals surface area contributed by atoms with Gasteiger partial charge in [0.1, 0.15) is 5.75 Å². The highest BCUT2D eigenvalue weighted by atomic mass is 35.5. The van der Waals surface area contributed by atoms with Gasteiger partial charge in [-0.1, -0.05) is 99.7 Å². The van der Waals surface area contributed by atoms with Crippen LogP contribution in [0.15, 0.2) is 42.5 Å². The van der Waals surface area contributed by atoms with Gasteiger partial charge in [0.2, 0.25) is 0 Å². The summed E-state index contributed by atoms with van der Waals surface area (Å²) in [6.07, 6.45) is 14.3. The highest BCUT2D eigenvalue weighted by molar-refractivity contribution is 6.31. The molecule has 0 aliphatic heterocycles. The Morgan fingerprint density at radius 3 is 1.85 bits per heavy atom. The Morgan fingerprint density at radius 2 is 1.27 bits per heavy atom. The van der Waals surface area contributed by atoms with E-state index in [0.717, 1.165) is 34.6 Å². The van der Waals surface area contributed by atoms with Gasteiger partial charge in [0.25, 0.3) is 0 Å². The maximum atomic E-state index is 11.0. The zero-order valence-corrected chi connectivity index (χ0v) is 16.5. The number of phenolic OH excluding ortho intramolecular Hbond substituents is 1. The lowest BCUT2D eigenvalue weighted by Crippen LogP contribution is -2.02. The van der Waals surface area contributed by atoms with Gasteiger partial charge < -0.3 is 5.11 Å². The minimum Gasteiger partial charge on any atom is -0.507 e. The van der Waals surface area contributed by atoms with Crippen molar-refractivity contribution in [3.8, 4) is 16.9 Å². The van der Waals surface area contributed by atoms with Gasteiger partial charge in [-0.25, -0.2) is 0 Å². The Hall–Kier alpha value is -1.47. The molecule has 2 heteroatoms. The minimum atomic E-state index is 0.413. The second-order valence-electron chi connectivity index (χ2n) is 7.71.